The summed E-state index contributed by atoms with van der Waals surface area (Å²) >= 11 is 0. The Bertz CT molecular complexity index is 554. The molecule has 1 aliphatic heterocycles. The minimum absolute atomic E-state index is 0.132. The van der Waals surface area contributed by atoms with Crippen molar-refractivity contribution in [1.29, 1.82) is 0 Å². The lowest BCUT2D eigenvalue weighted by atomic mass is 10.1. The highest BCUT2D eigenvalue weighted by Gasteiger charge is 2.18. The first-order chi connectivity index (χ1) is 10.0. The Balaban J connectivity index is 1.98. The third-order valence-electron chi connectivity index (χ3n) is 3.82. The van der Waals surface area contributed by atoms with E-state index in [0.29, 0.717) is 13.0 Å². The molecular weight excluding hydrogens is 288 g/mol. The summed E-state index contributed by atoms with van der Waals surface area (Å²) in [7, 11) is -3.48. The number of sulfonamides is 1. The van der Waals surface area contributed by atoms with Gasteiger partial charge in [0.15, 0.2) is 0 Å². The molecule has 6 heteroatoms. The van der Waals surface area contributed by atoms with Crippen molar-refractivity contribution < 1.29 is 13.2 Å². The van der Waals surface area contributed by atoms with E-state index in [0.717, 1.165) is 31.4 Å². The number of hydrogen-bond acceptors (Lipinski definition) is 4. The molecule has 1 aromatic rings. The van der Waals surface area contributed by atoms with E-state index in [4.69, 9.17) is 10.5 Å². The largest absolute Gasteiger partial charge is 0.378 e. The van der Waals surface area contributed by atoms with Crippen LogP contribution in [0.4, 0.5) is 0 Å². The van der Waals surface area contributed by atoms with Gasteiger partial charge in [-0.1, -0.05) is 19.1 Å². The first kappa shape index (κ1) is 16.4. The van der Waals surface area contributed by atoms with Crippen LogP contribution in [-0.4, -0.2) is 27.7 Å². The van der Waals surface area contributed by atoms with Gasteiger partial charge in [-0.3, -0.25) is 0 Å². The van der Waals surface area contributed by atoms with Gasteiger partial charge in [-0.25, -0.2) is 13.1 Å². The van der Waals surface area contributed by atoms with E-state index in [-0.39, 0.29) is 17.0 Å². The van der Waals surface area contributed by atoms with Crippen molar-refractivity contribution in [2.75, 3.05) is 13.2 Å². The molecule has 2 unspecified atom stereocenters. The van der Waals surface area contributed by atoms with Crippen LogP contribution in [0.15, 0.2) is 29.2 Å². The lowest BCUT2D eigenvalue weighted by Gasteiger charge is -2.13. The molecule has 1 saturated heterocycles. The van der Waals surface area contributed by atoms with Crippen LogP contribution in [0.2, 0.25) is 0 Å². The normalized spacial score (nSPS) is 20.6. The third-order valence-corrected chi connectivity index (χ3v) is 5.28. The summed E-state index contributed by atoms with van der Waals surface area (Å²) in [5.41, 5.74) is 6.80. The fraction of sp³-hybridized carbons (Fsp3) is 0.600. The van der Waals surface area contributed by atoms with Gasteiger partial charge in [0.05, 0.1) is 11.0 Å². The average molecular weight is 312 g/mol. The maximum atomic E-state index is 12.3. The first-order valence-corrected chi connectivity index (χ1v) is 8.98. The van der Waals surface area contributed by atoms with Crippen LogP contribution in [0, 0.1) is 0 Å². The maximum absolute atomic E-state index is 12.3. The summed E-state index contributed by atoms with van der Waals surface area (Å²) in [6.07, 6.45) is 3.76. The van der Waals surface area contributed by atoms with Gasteiger partial charge >= 0.3 is 0 Å². The molecule has 1 fully saturated rings. The fourth-order valence-electron chi connectivity index (χ4n) is 2.46. The number of benzene rings is 1. The standard InChI is InChI=1S/C15H24N2O3S/c1-2-15(16)12-5-3-7-14(11-12)21(18,19)17-9-8-13-6-4-10-20-13/h3,5,7,11,13,15,17H,2,4,6,8-10,16H2,1H3. The molecule has 1 aliphatic rings. The quantitative estimate of drug-likeness (QED) is 0.806. The molecule has 1 aromatic carbocycles. The minimum Gasteiger partial charge on any atom is -0.378 e. The van der Waals surface area contributed by atoms with Crippen molar-refractivity contribution in [3.63, 3.8) is 0 Å². The highest BCUT2D eigenvalue weighted by molar-refractivity contribution is 7.89. The lowest BCUT2D eigenvalue weighted by Crippen LogP contribution is -2.27. The lowest BCUT2D eigenvalue weighted by molar-refractivity contribution is 0.105. The predicted molar refractivity (Wildman–Crippen MR) is 82.4 cm³/mol. The van der Waals surface area contributed by atoms with Crippen LogP contribution in [0.5, 0.6) is 0 Å². The number of nitrogens with one attached hydrogen (secondary N) is 1. The van der Waals surface area contributed by atoms with E-state index < -0.39 is 10.0 Å². The van der Waals surface area contributed by atoms with E-state index in [9.17, 15) is 8.42 Å². The summed E-state index contributed by atoms with van der Waals surface area (Å²) < 4.78 is 32.7. The Kier molecular flexibility index (Phi) is 5.75. The van der Waals surface area contributed by atoms with Crippen LogP contribution in [-0.2, 0) is 14.8 Å². The summed E-state index contributed by atoms with van der Waals surface area (Å²) in [4.78, 5) is 0.274. The van der Waals surface area contributed by atoms with Gasteiger partial charge in [0.25, 0.3) is 0 Å². The summed E-state index contributed by atoms with van der Waals surface area (Å²) in [6, 6.07) is 6.72. The molecule has 0 bridgehead atoms. The van der Waals surface area contributed by atoms with E-state index in [1.54, 1.807) is 18.2 Å². The van der Waals surface area contributed by atoms with Crippen molar-refractivity contribution in [2.24, 2.45) is 5.73 Å². The molecule has 0 aromatic heterocycles. The SMILES string of the molecule is CCC(N)c1cccc(S(=O)(=O)NCCC2CCCO2)c1. The number of nitrogens with two attached hydrogens (primary N) is 1. The van der Waals surface area contributed by atoms with Gasteiger partial charge in [-0.05, 0) is 43.4 Å². The zero-order chi connectivity index (χ0) is 15.3. The monoisotopic (exact) mass is 312 g/mol. The van der Waals surface area contributed by atoms with Gasteiger partial charge in [0.1, 0.15) is 0 Å². The van der Waals surface area contributed by atoms with Crippen molar-refractivity contribution in [3.8, 4) is 0 Å². The number of hydrogen-bond donors (Lipinski definition) is 2. The molecule has 0 radical (unpaired) electrons. The summed E-state index contributed by atoms with van der Waals surface area (Å²) in [6.45, 7) is 3.16. The van der Waals surface area contributed by atoms with Gasteiger partial charge in [-0.15, -0.1) is 0 Å². The average Bonchev–Trinajstić information content (AvgIpc) is 2.99. The number of ether oxygens (including phenoxy) is 1. The Morgan fingerprint density at radius 3 is 2.95 bits per heavy atom. The Morgan fingerprint density at radius 2 is 2.29 bits per heavy atom. The van der Waals surface area contributed by atoms with Crippen LogP contribution < -0.4 is 10.5 Å². The molecule has 0 saturated carbocycles. The zero-order valence-corrected chi connectivity index (χ0v) is 13.2. The molecule has 118 valence electrons. The van der Waals surface area contributed by atoms with Crippen LogP contribution in [0.1, 0.15) is 44.2 Å². The summed E-state index contributed by atoms with van der Waals surface area (Å²) in [5, 5.41) is 0. The van der Waals surface area contributed by atoms with E-state index in [1.165, 1.54) is 0 Å². The highest BCUT2D eigenvalue weighted by atomic mass is 32.2. The van der Waals surface area contributed by atoms with E-state index in [1.807, 2.05) is 13.0 Å². The fourth-order valence-corrected chi connectivity index (χ4v) is 3.56. The molecule has 21 heavy (non-hydrogen) atoms. The first-order valence-electron chi connectivity index (χ1n) is 7.49. The second kappa shape index (κ2) is 7.35. The second-order valence-electron chi connectivity index (χ2n) is 5.41. The second-order valence-corrected chi connectivity index (χ2v) is 7.18. The number of rotatable bonds is 7. The van der Waals surface area contributed by atoms with E-state index >= 15 is 0 Å². The minimum atomic E-state index is -3.48. The predicted octanol–water partition coefficient (Wildman–Crippen LogP) is 1.94. The zero-order valence-electron chi connectivity index (χ0n) is 12.4. The molecule has 2 atom stereocenters. The Hall–Kier alpha value is -0.950. The topological polar surface area (TPSA) is 81.4 Å². The van der Waals surface area contributed by atoms with Crippen molar-refractivity contribution in [3.05, 3.63) is 29.8 Å². The van der Waals surface area contributed by atoms with E-state index in [2.05, 4.69) is 4.72 Å². The molecule has 5 nitrogen and oxygen atoms in total. The van der Waals surface area contributed by atoms with Gasteiger partial charge in [0.2, 0.25) is 10.0 Å². The third kappa shape index (κ3) is 4.51. The van der Waals surface area contributed by atoms with Gasteiger partial charge < -0.3 is 10.5 Å². The van der Waals surface area contributed by atoms with Crippen molar-refractivity contribution >= 4 is 10.0 Å². The Morgan fingerprint density at radius 1 is 1.48 bits per heavy atom. The van der Waals surface area contributed by atoms with Gasteiger partial charge in [-0.2, -0.15) is 0 Å². The molecule has 3 N–H and O–H groups in total. The molecule has 0 spiro atoms. The smallest absolute Gasteiger partial charge is 0.240 e. The maximum Gasteiger partial charge on any atom is 0.240 e. The van der Waals surface area contributed by atoms with Crippen LogP contribution >= 0.6 is 0 Å². The molecule has 2 rings (SSSR count). The van der Waals surface area contributed by atoms with Crippen LogP contribution in [0.3, 0.4) is 0 Å². The van der Waals surface area contributed by atoms with Crippen molar-refractivity contribution in [2.45, 2.75) is 49.6 Å². The molecule has 1 heterocycles. The molecule has 0 aliphatic carbocycles. The Labute approximate surface area is 126 Å². The molecular formula is C15H24N2O3S. The summed E-state index contributed by atoms with van der Waals surface area (Å²) in [5.74, 6) is 0. The van der Waals surface area contributed by atoms with Crippen LogP contribution in [0.25, 0.3) is 0 Å². The van der Waals surface area contributed by atoms with Crippen molar-refractivity contribution in [1.82, 2.24) is 4.72 Å². The van der Waals surface area contributed by atoms with Gasteiger partial charge in [0, 0.05) is 19.2 Å². The highest BCUT2D eigenvalue weighted by Crippen LogP contribution is 2.19. The molecule has 0 amide bonds.